The Kier molecular flexibility index (Phi) is 6.12. The minimum atomic E-state index is -0.531. The van der Waals surface area contributed by atoms with E-state index in [-0.39, 0.29) is 5.97 Å². The van der Waals surface area contributed by atoms with Crippen LogP contribution in [-0.2, 0) is 9.53 Å². The Hall–Kier alpha value is -2.89. The van der Waals surface area contributed by atoms with E-state index in [1.54, 1.807) is 7.11 Å². The van der Waals surface area contributed by atoms with Crippen LogP contribution < -0.4 is 4.74 Å². The van der Waals surface area contributed by atoms with Crippen LogP contribution in [0.1, 0.15) is 70.3 Å². The maximum atomic E-state index is 12.7. The van der Waals surface area contributed by atoms with Crippen LogP contribution in [-0.4, -0.2) is 33.2 Å². The zero-order valence-electron chi connectivity index (χ0n) is 20.0. The maximum Gasteiger partial charge on any atom is 0.329 e. The lowest BCUT2D eigenvalue weighted by Crippen LogP contribution is -2.28. The molecule has 3 heterocycles. The summed E-state index contributed by atoms with van der Waals surface area (Å²) in [5, 5.41) is 0. The Morgan fingerprint density at radius 2 is 1.74 bits per heavy atom. The lowest BCUT2D eigenvalue weighted by Gasteiger charge is -2.23. The van der Waals surface area contributed by atoms with Gasteiger partial charge >= 0.3 is 5.97 Å². The second kappa shape index (κ2) is 8.33. The van der Waals surface area contributed by atoms with Gasteiger partial charge < -0.3 is 14.0 Å². The second-order valence-electron chi connectivity index (χ2n) is 9.40. The first-order valence-corrected chi connectivity index (χ1v) is 10.7. The highest BCUT2D eigenvalue weighted by Gasteiger charge is 2.25. The number of esters is 1. The van der Waals surface area contributed by atoms with E-state index in [9.17, 15) is 4.79 Å². The molecule has 166 valence electrons. The smallest absolute Gasteiger partial charge is 0.329 e. The van der Waals surface area contributed by atoms with Crippen LogP contribution in [0.15, 0.2) is 24.4 Å². The number of aromatic nitrogens is 3. The number of pyridine rings is 2. The lowest BCUT2D eigenvalue weighted by atomic mass is 10.0. The van der Waals surface area contributed by atoms with Gasteiger partial charge in [-0.2, -0.15) is 0 Å². The van der Waals surface area contributed by atoms with E-state index in [0.717, 1.165) is 39.1 Å². The predicted molar refractivity (Wildman–Crippen MR) is 124 cm³/mol. The van der Waals surface area contributed by atoms with Gasteiger partial charge in [-0.25, -0.2) is 14.8 Å². The Balaban J connectivity index is 2.10. The first-order valence-electron chi connectivity index (χ1n) is 10.7. The van der Waals surface area contributed by atoms with Gasteiger partial charge in [-0.15, -0.1) is 0 Å². The number of hydrogen-bond donors (Lipinski definition) is 0. The van der Waals surface area contributed by atoms with Gasteiger partial charge in [-0.1, -0.05) is 13.8 Å². The minimum absolute atomic E-state index is 0.263. The number of aryl methyl sites for hydroxylation is 2. The topological polar surface area (TPSA) is 66.2 Å². The van der Waals surface area contributed by atoms with Crippen molar-refractivity contribution < 1.29 is 14.3 Å². The van der Waals surface area contributed by atoms with Gasteiger partial charge in [0.05, 0.1) is 29.4 Å². The molecule has 1 atom stereocenters. The number of carbonyl (C=O) groups excluding carboxylic acids is 1. The molecule has 0 spiro atoms. The summed E-state index contributed by atoms with van der Waals surface area (Å²) in [4.78, 5) is 22.3. The van der Waals surface area contributed by atoms with Crippen molar-refractivity contribution in [2.24, 2.45) is 0 Å². The van der Waals surface area contributed by atoms with Crippen molar-refractivity contribution in [2.75, 3.05) is 7.11 Å². The van der Waals surface area contributed by atoms with Crippen LogP contribution in [0, 0.1) is 13.8 Å². The van der Waals surface area contributed by atoms with Crippen LogP contribution in [0.2, 0.25) is 0 Å². The van der Waals surface area contributed by atoms with Crippen molar-refractivity contribution >= 4 is 17.0 Å². The fraction of sp³-hybridized carbons (Fsp3) is 0.480. The number of ether oxygens (including phenoxy) is 2. The van der Waals surface area contributed by atoms with Gasteiger partial charge in [0.15, 0.2) is 0 Å². The van der Waals surface area contributed by atoms with Crippen molar-refractivity contribution in [1.82, 2.24) is 14.5 Å². The largest absolute Gasteiger partial charge is 0.480 e. The highest BCUT2D eigenvalue weighted by Crippen LogP contribution is 2.34. The molecular weight excluding hydrogens is 390 g/mol. The van der Waals surface area contributed by atoms with E-state index in [0.29, 0.717) is 11.8 Å². The minimum Gasteiger partial charge on any atom is -0.480 e. The summed E-state index contributed by atoms with van der Waals surface area (Å²) in [6, 6.07) is 5.67. The Morgan fingerprint density at radius 1 is 1.06 bits per heavy atom. The maximum absolute atomic E-state index is 12.7. The third kappa shape index (κ3) is 4.58. The summed E-state index contributed by atoms with van der Waals surface area (Å²) in [7, 11) is 1.63. The fourth-order valence-corrected chi connectivity index (χ4v) is 3.63. The number of rotatable bonds is 5. The molecule has 3 rings (SSSR count). The molecule has 0 aliphatic rings. The molecule has 0 fully saturated rings. The highest BCUT2D eigenvalue weighted by atomic mass is 16.6. The number of nitrogens with zero attached hydrogens (tertiary/aromatic N) is 3. The molecule has 6 nitrogen and oxygen atoms in total. The highest BCUT2D eigenvalue weighted by molar-refractivity contribution is 5.87. The van der Waals surface area contributed by atoms with Gasteiger partial charge in [0, 0.05) is 11.9 Å². The van der Waals surface area contributed by atoms with Crippen LogP contribution in [0.3, 0.4) is 0 Å². The molecule has 31 heavy (non-hydrogen) atoms. The molecule has 0 radical (unpaired) electrons. The Labute approximate surface area is 184 Å². The Bertz CT molecular complexity index is 1120. The van der Waals surface area contributed by atoms with Gasteiger partial charge in [-0.05, 0) is 76.8 Å². The van der Waals surface area contributed by atoms with Crippen LogP contribution >= 0.6 is 0 Å². The van der Waals surface area contributed by atoms with Crippen molar-refractivity contribution in [3.05, 3.63) is 41.2 Å². The summed E-state index contributed by atoms with van der Waals surface area (Å²) in [6.07, 6.45) is 1.97. The van der Waals surface area contributed by atoms with E-state index in [1.807, 2.05) is 64.4 Å². The third-order valence-corrected chi connectivity index (χ3v) is 5.26. The summed E-state index contributed by atoms with van der Waals surface area (Å²) in [5.41, 5.74) is 5.88. The van der Waals surface area contributed by atoms with Crippen molar-refractivity contribution in [3.8, 4) is 17.1 Å². The van der Waals surface area contributed by atoms with Crippen molar-refractivity contribution in [2.45, 2.75) is 73.0 Å². The molecule has 0 bridgehead atoms. The molecule has 3 aromatic heterocycles. The van der Waals surface area contributed by atoms with Gasteiger partial charge in [0.25, 0.3) is 0 Å². The lowest BCUT2D eigenvalue weighted by molar-refractivity contribution is -0.158. The quantitative estimate of drug-likeness (QED) is 0.489. The molecule has 1 unspecified atom stereocenters. The number of hydrogen-bond acceptors (Lipinski definition) is 5. The normalized spacial score (nSPS) is 13.0. The van der Waals surface area contributed by atoms with Crippen molar-refractivity contribution in [3.63, 3.8) is 0 Å². The Morgan fingerprint density at radius 3 is 2.32 bits per heavy atom. The summed E-state index contributed by atoms with van der Waals surface area (Å²) < 4.78 is 13.1. The van der Waals surface area contributed by atoms with Gasteiger partial charge in [-0.3, -0.25) is 0 Å². The van der Waals surface area contributed by atoms with Crippen LogP contribution in [0.5, 0.6) is 5.88 Å². The summed E-state index contributed by atoms with van der Waals surface area (Å²) in [6.45, 7) is 15.7. The first kappa shape index (κ1) is 22.8. The molecule has 0 saturated heterocycles. The fourth-order valence-electron chi connectivity index (χ4n) is 3.63. The summed E-state index contributed by atoms with van der Waals surface area (Å²) in [5.74, 6) is 0.617. The van der Waals surface area contributed by atoms with E-state index >= 15 is 0 Å². The third-order valence-electron chi connectivity index (χ3n) is 5.26. The molecule has 0 saturated carbocycles. The monoisotopic (exact) mass is 423 g/mol. The SMILES string of the molecule is COc1nc(C(C)C)ccc1-c1nc2c(C)cn(C(C)C(=O)OC(C)(C)C)c2cc1C. The van der Waals surface area contributed by atoms with Crippen LogP contribution in [0.4, 0.5) is 0 Å². The average Bonchev–Trinajstić information content (AvgIpc) is 3.00. The first-order chi connectivity index (χ1) is 14.4. The molecule has 0 aliphatic heterocycles. The van der Waals surface area contributed by atoms with E-state index in [1.165, 1.54) is 0 Å². The standard InChI is InChI=1S/C25H33N3O3/c1-14(2)19-11-10-18(23(26-19)30-9)21-15(3)12-20-22(27-21)16(4)13-28(20)17(5)24(29)31-25(6,7)8/h10-14,17H,1-9H3. The predicted octanol–water partition coefficient (Wildman–Crippen LogP) is 5.75. The number of methoxy groups -OCH3 is 1. The van der Waals surface area contributed by atoms with Gasteiger partial charge in [0.1, 0.15) is 11.6 Å². The molecule has 0 aromatic carbocycles. The van der Waals surface area contributed by atoms with Crippen LogP contribution in [0.25, 0.3) is 22.3 Å². The molecule has 0 N–H and O–H groups in total. The second-order valence-corrected chi connectivity index (χ2v) is 9.40. The molecule has 6 heteroatoms. The molecule has 3 aromatic rings. The van der Waals surface area contributed by atoms with Crippen molar-refractivity contribution in [1.29, 1.82) is 0 Å². The van der Waals surface area contributed by atoms with Gasteiger partial charge in [0.2, 0.25) is 5.88 Å². The van der Waals surface area contributed by atoms with E-state index < -0.39 is 11.6 Å². The molecular formula is C25H33N3O3. The molecule has 0 amide bonds. The van der Waals surface area contributed by atoms with E-state index in [2.05, 4.69) is 24.9 Å². The zero-order valence-corrected chi connectivity index (χ0v) is 20.0. The number of fused-ring (bicyclic) bond motifs is 1. The molecule has 0 aliphatic carbocycles. The zero-order chi connectivity index (χ0) is 23.1. The number of carbonyl (C=O) groups is 1. The average molecular weight is 424 g/mol. The summed E-state index contributed by atoms with van der Waals surface area (Å²) >= 11 is 0. The van der Waals surface area contributed by atoms with E-state index in [4.69, 9.17) is 14.5 Å².